The first-order valence-corrected chi connectivity index (χ1v) is 12.8. The molecule has 37 heavy (non-hydrogen) atoms. The van der Waals surface area contributed by atoms with E-state index in [1.54, 1.807) is 0 Å². The Morgan fingerprint density at radius 2 is 2.14 bits per heavy atom. The number of rotatable bonds is 9. The predicted molar refractivity (Wildman–Crippen MR) is 141 cm³/mol. The van der Waals surface area contributed by atoms with Crippen LogP contribution in [0.15, 0.2) is 48.1 Å². The van der Waals surface area contributed by atoms with Crippen LogP contribution in [0.25, 0.3) is 32.4 Å². The number of hydrogen-bond acceptors (Lipinski definition) is 8. The molecule has 0 unspecified atom stereocenters. The lowest BCUT2D eigenvalue weighted by molar-refractivity contribution is -0.118. The predicted octanol–water partition coefficient (Wildman–Crippen LogP) is 4.53. The van der Waals surface area contributed by atoms with E-state index in [-0.39, 0.29) is 36.5 Å². The second-order valence-corrected chi connectivity index (χ2v) is 9.78. The van der Waals surface area contributed by atoms with Crippen LogP contribution in [0.1, 0.15) is 12.8 Å². The molecule has 0 aliphatic carbocycles. The van der Waals surface area contributed by atoms with Crippen LogP contribution < -0.4 is 15.4 Å². The molecule has 4 heterocycles. The van der Waals surface area contributed by atoms with Gasteiger partial charge in [0.25, 0.3) is 5.91 Å². The minimum Gasteiger partial charge on any atom is -0.462 e. The van der Waals surface area contributed by atoms with Gasteiger partial charge in [0.05, 0.1) is 5.39 Å². The molecule has 0 spiro atoms. The van der Waals surface area contributed by atoms with E-state index in [4.69, 9.17) is 4.74 Å². The molecule has 8 nitrogen and oxygen atoms in total. The maximum atomic E-state index is 15.4. The van der Waals surface area contributed by atoms with Crippen molar-refractivity contribution in [2.45, 2.75) is 18.9 Å². The van der Waals surface area contributed by atoms with E-state index in [2.05, 4.69) is 44.1 Å². The standard InChI is InChI=1S/C26H26F2N6O2S/c1-15(27)25(35)30-10-9-29-23-19-13-20(28)21(18-7-3-5-16-8-12-37-22(16)18)31-24(19)33-26(32-23)36-14-17-6-4-11-34(17)2/h3,5,7-8,12-13,17H,1,4,6,9-11,14H2,2H3,(H,30,35)(H,29,31,32,33)/t17-/m0/s1. The molecule has 0 saturated carbocycles. The van der Waals surface area contributed by atoms with E-state index in [0.717, 1.165) is 29.5 Å². The molecule has 1 fully saturated rings. The number of aromatic nitrogens is 3. The van der Waals surface area contributed by atoms with Crippen molar-refractivity contribution in [3.8, 4) is 17.3 Å². The Bertz CT molecular complexity index is 1480. The Kier molecular flexibility index (Phi) is 7.24. The number of nitrogens with zero attached hydrogens (tertiary/aromatic N) is 4. The third kappa shape index (κ3) is 5.37. The fourth-order valence-corrected chi connectivity index (χ4v) is 5.31. The quantitative estimate of drug-likeness (QED) is 0.246. The van der Waals surface area contributed by atoms with Crippen LogP contribution in [0.2, 0.25) is 0 Å². The number of ether oxygens (including phenoxy) is 1. The van der Waals surface area contributed by atoms with E-state index < -0.39 is 17.6 Å². The molecule has 1 aliphatic heterocycles. The van der Waals surface area contributed by atoms with Crippen LogP contribution in [0, 0.1) is 5.82 Å². The maximum Gasteiger partial charge on any atom is 0.320 e. The average Bonchev–Trinajstić information content (AvgIpc) is 3.53. The van der Waals surface area contributed by atoms with Gasteiger partial charge in [0.1, 0.15) is 23.9 Å². The Morgan fingerprint density at radius 1 is 1.27 bits per heavy atom. The van der Waals surface area contributed by atoms with Gasteiger partial charge in [-0.25, -0.2) is 13.8 Å². The summed E-state index contributed by atoms with van der Waals surface area (Å²) in [4.78, 5) is 27.2. The highest BCUT2D eigenvalue weighted by Gasteiger charge is 2.23. The fourth-order valence-electron chi connectivity index (χ4n) is 4.39. The number of benzene rings is 1. The first-order valence-electron chi connectivity index (χ1n) is 11.9. The SMILES string of the molecule is C=C(F)C(=O)NCCNc1nc(OC[C@@H]2CCCN2C)nc2nc(-c3cccc4ccsc34)c(F)cc12. The van der Waals surface area contributed by atoms with Crippen molar-refractivity contribution < 1.29 is 18.3 Å². The minimum atomic E-state index is -1.07. The Balaban J connectivity index is 1.48. The molecule has 1 aromatic carbocycles. The molecule has 192 valence electrons. The van der Waals surface area contributed by atoms with E-state index in [9.17, 15) is 9.18 Å². The van der Waals surface area contributed by atoms with Crippen molar-refractivity contribution in [2.75, 3.05) is 38.6 Å². The van der Waals surface area contributed by atoms with Gasteiger partial charge in [0.15, 0.2) is 11.5 Å². The topological polar surface area (TPSA) is 92.3 Å². The van der Waals surface area contributed by atoms with Crippen LogP contribution in [0.5, 0.6) is 6.01 Å². The van der Waals surface area contributed by atoms with Gasteiger partial charge in [-0.05, 0) is 49.3 Å². The van der Waals surface area contributed by atoms with Crippen LogP contribution in [0.4, 0.5) is 14.6 Å². The molecular weight excluding hydrogens is 498 g/mol. The van der Waals surface area contributed by atoms with Crippen molar-refractivity contribution in [3.63, 3.8) is 0 Å². The van der Waals surface area contributed by atoms with Crippen molar-refractivity contribution >= 4 is 44.2 Å². The molecule has 1 atom stereocenters. The van der Waals surface area contributed by atoms with Crippen LogP contribution >= 0.6 is 11.3 Å². The average molecular weight is 525 g/mol. The van der Waals surface area contributed by atoms with Crippen molar-refractivity contribution in [3.05, 3.63) is 53.9 Å². The first-order chi connectivity index (χ1) is 17.9. The molecule has 0 radical (unpaired) electrons. The van der Waals surface area contributed by atoms with Gasteiger partial charge in [0, 0.05) is 29.4 Å². The number of nitrogens with one attached hydrogen (secondary N) is 2. The first kappa shape index (κ1) is 25.0. The van der Waals surface area contributed by atoms with Crippen LogP contribution in [-0.4, -0.2) is 65.1 Å². The zero-order valence-corrected chi connectivity index (χ0v) is 21.1. The summed E-state index contributed by atoms with van der Waals surface area (Å²) in [7, 11) is 2.05. The summed E-state index contributed by atoms with van der Waals surface area (Å²) in [5.41, 5.74) is 1.16. The zero-order valence-electron chi connectivity index (χ0n) is 20.3. The van der Waals surface area contributed by atoms with Crippen molar-refractivity contribution in [1.29, 1.82) is 0 Å². The van der Waals surface area contributed by atoms with E-state index in [1.165, 1.54) is 17.4 Å². The van der Waals surface area contributed by atoms with Crippen molar-refractivity contribution in [1.82, 2.24) is 25.2 Å². The number of pyridine rings is 1. The number of carbonyl (C=O) groups is 1. The summed E-state index contributed by atoms with van der Waals surface area (Å²) < 4.78 is 35.2. The number of amides is 1. The van der Waals surface area contributed by atoms with Gasteiger partial charge in [-0.2, -0.15) is 9.97 Å². The van der Waals surface area contributed by atoms with Gasteiger partial charge >= 0.3 is 6.01 Å². The number of halogens is 2. The molecule has 1 amide bonds. The number of thiophene rings is 1. The normalized spacial score (nSPS) is 15.8. The molecule has 2 N–H and O–H groups in total. The molecule has 0 bridgehead atoms. The summed E-state index contributed by atoms with van der Waals surface area (Å²) in [5, 5.41) is 8.79. The van der Waals surface area contributed by atoms with Gasteiger partial charge < -0.3 is 20.3 Å². The summed E-state index contributed by atoms with van der Waals surface area (Å²) in [5.74, 6) is -2.16. The van der Waals surface area contributed by atoms with Gasteiger partial charge in [-0.15, -0.1) is 11.3 Å². The number of anilines is 1. The van der Waals surface area contributed by atoms with Gasteiger partial charge in [-0.1, -0.05) is 24.8 Å². The highest BCUT2D eigenvalue weighted by molar-refractivity contribution is 7.17. The number of carbonyl (C=O) groups excluding carboxylic acids is 1. The lowest BCUT2D eigenvalue weighted by Gasteiger charge is -2.19. The Hall–Kier alpha value is -3.70. The third-order valence-electron chi connectivity index (χ3n) is 6.38. The lowest BCUT2D eigenvalue weighted by Crippen LogP contribution is -2.31. The highest BCUT2D eigenvalue weighted by atomic mass is 32.1. The van der Waals surface area contributed by atoms with Crippen LogP contribution in [0.3, 0.4) is 0 Å². The second kappa shape index (κ2) is 10.7. The fraction of sp³-hybridized carbons (Fsp3) is 0.308. The third-order valence-corrected chi connectivity index (χ3v) is 7.34. The second-order valence-electron chi connectivity index (χ2n) is 8.86. The molecule has 3 aromatic heterocycles. The number of likely N-dealkylation sites (tertiary alicyclic amines) is 1. The summed E-state index contributed by atoms with van der Waals surface area (Å²) in [6.07, 6.45) is 2.12. The lowest BCUT2D eigenvalue weighted by atomic mass is 10.1. The molecule has 1 saturated heterocycles. The summed E-state index contributed by atoms with van der Waals surface area (Å²) in [6.45, 7) is 4.70. The molecule has 4 aromatic rings. The van der Waals surface area contributed by atoms with E-state index in [1.807, 2.05) is 29.6 Å². The van der Waals surface area contributed by atoms with E-state index >= 15 is 4.39 Å². The smallest absolute Gasteiger partial charge is 0.320 e. The Morgan fingerprint density at radius 3 is 2.92 bits per heavy atom. The van der Waals surface area contributed by atoms with Crippen molar-refractivity contribution in [2.24, 2.45) is 0 Å². The Labute approximate surface area is 216 Å². The molecule has 11 heteroatoms. The van der Waals surface area contributed by atoms with E-state index in [0.29, 0.717) is 23.4 Å². The highest BCUT2D eigenvalue weighted by Crippen LogP contribution is 2.35. The largest absolute Gasteiger partial charge is 0.462 e. The zero-order chi connectivity index (χ0) is 25.9. The molecular formula is C26H26F2N6O2S. The van der Waals surface area contributed by atoms with Gasteiger partial charge in [0.2, 0.25) is 0 Å². The number of hydrogen-bond donors (Lipinski definition) is 2. The summed E-state index contributed by atoms with van der Waals surface area (Å²) >= 11 is 1.52. The number of likely N-dealkylation sites (N-methyl/N-ethyl adjacent to an activating group) is 1. The van der Waals surface area contributed by atoms with Crippen LogP contribution in [-0.2, 0) is 4.79 Å². The minimum absolute atomic E-state index is 0.102. The molecule has 1 aliphatic rings. The molecule has 5 rings (SSSR count). The maximum absolute atomic E-state index is 15.4. The number of fused-ring (bicyclic) bond motifs is 2. The summed E-state index contributed by atoms with van der Waals surface area (Å²) in [6, 6.07) is 9.39. The van der Waals surface area contributed by atoms with Gasteiger partial charge in [-0.3, -0.25) is 4.79 Å². The monoisotopic (exact) mass is 524 g/mol.